The van der Waals surface area contributed by atoms with Crippen molar-refractivity contribution in [2.75, 3.05) is 0 Å². The average molecular weight is 236 g/mol. The summed E-state index contributed by atoms with van der Waals surface area (Å²) in [5, 5.41) is 0. The van der Waals surface area contributed by atoms with E-state index < -0.39 is 0 Å². The fourth-order valence-corrected chi connectivity index (χ4v) is 1.90. The molecule has 0 aliphatic carbocycles. The molecule has 0 spiro atoms. The van der Waals surface area contributed by atoms with Gasteiger partial charge in [-0.1, -0.05) is 74.6 Å². The van der Waals surface area contributed by atoms with Crippen molar-refractivity contribution in [3.63, 3.8) is 0 Å². The lowest BCUT2D eigenvalue weighted by atomic mass is 9.79. The van der Waals surface area contributed by atoms with Crippen LogP contribution in [0.1, 0.15) is 73.1 Å². The zero-order valence-electron chi connectivity index (χ0n) is 11.2. The standard InChI is InChI=1S/C15H24.2CH4/c1-11-8-9-12(14(2,3)4)10-13(11)15(5,6)7;;/h8-10H,1-7H3;2*1H4. The van der Waals surface area contributed by atoms with Crippen LogP contribution in [0.5, 0.6) is 0 Å². The number of aryl methyl sites for hydroxylation is 1. The Morgan fingerprint density at radius 1 is 0.765 bits per heavy atom. The van der Waals surface area contributed by atoms with E-state index in [1.807, 2.05) is 0 Å². The van der Waals surface area contributed by atoms with Crippen molar-refractivity contribution < 1.29 is 0 Å². The monoisotopic (exact) mass is 236 g/mol. The Bertz CT molecular complexity index is 345. The number of hydrogen-bond donors (Lipinski definition) is 0. The fourth-order valence-electron chi connectivity index (χ4n) is 1.90. The van der Waals surface area contributed by atoms with Crippen molar-refractivity contribution in [3.8, 4) is 0 Å². The molecule has 0 aliphatic rings. The van der Waals surface area contributed by atoms with Gasteiger partial charge in [-0.2, -0.15) is 0 Å². The summed E-state index contributed by atoms with van der Waals surface area (Å²) in [5.74, 6) is 0. The number of hydrogen-bond acceptors (Lipinski definition) is 0. The van der Waals surface area contributed by atoms with Gasteiger partial charge in [0.05, 0.1) is 0 Å². The Kier molecular flexibility index (Phi) is 6.24. The molecule has 0 N–H and O–H groups in total. The van der Waals surface area contributed by atoms with Crippen molar-refractivity contribution in [1.82, 2.24) is 0 Å². The predicted molar refractivity (Wildman–Crippen MR) is 82.0 cm³/mol. The first-order valence-corrected chi connectivity index (χ1v) is 5.74. The molecule has 0 atom stereocenters. The first kappa shape index (κ1) is 18.6. The molecule has 0 saturated heterocycles. The van der Waals surface area contributed by atoms with Gasteiger partial charge in [0, 0.05) is 0 Å². The molecule has 0 amide bonds. The van der Waals surface area contributed by atoms with E-state index in [2.05, 4.69) is 66.7 Å². The summed E-state index contributed by atoms with van der Waals surface area (Å²) < 4.78 is 0. The van der Waals surface area contributed by atoms with Crippen molar-refractivity contribution in [2.24, 2.45) is 0 Å². The second-order valence-corrected chi connectivity index (χ2v) is 6.53. The second-order valence-electron chi connectivity index (χ2n) is 6.53. The summed E-state index contributed by atoms with van der Waals surface area (Å²) in [6.45, 7) is 15.8. The third-order valence-corrected chi connectivity index (χ3v) is 2.91. The van der Waals surface area contributed by atoms with Crippen molar-refractivity contribution in [3.05, 3.63) is 34.9 Å². The van der Waals surface area contributed by atoms with Crippen molar-refractivity contribution in [2.45, 2.75) is 74.1 Å². The fraction of sp³-hybridized carbons (Fsp3) is 0.647. The summed E-state index contributed by atoms with van der Waals surface area (Å²) in [6, 6.07) is 6.88. The normalized spacial score (nSPS) is 11.5. The minimum Gasteiger partial charge on any atom is -0.0776 e. The number of rotatable bonds is 0. The van der Waals surface area contributed by atoms with E-state index in [9.17, 15) is 0 Å². The van der Waals surface area contributed by atoms with Gasteiger partial charge >= 0.3 is 0 Å². The van der Waals surface area contributed by atoms with E-state index in [-0.39, 0.29) is 25.7 Å². The molecule has 0 heterocycles. The lowest BCUT2D eigenvalue weighted by Gasteiger charge is -2.26. The Morgan fingerprint density at radius 2 is 1.24 bits per heavy atom. The maximum atomic E-state index is 2.37. The van der Waals surface area contributed by atoms with Gasteiger partial charge in [-0.15, -0.1) is 0 Å². The molecule has 17 heavy (non-hydrogen) atoms. The minimum absolute atomic E-state index is 0. The highest BCUT2D eigenvalue weighted by Crippen LogP contribution is 2.30. The summed E-state index contributed by atoms with van der Waals surface area (Å²) in [5.41, 5.74) is 4.78. The summed E-state index contributed by atoms with van der Waals surface area (Å²) >= 11 is 0. The molecule has 0 saturated carbocycles. The third kappa shape index (κ3) is 4.53. The van der Waals surface area contributed by atoms with Gasteiger partial charge in [0.1, 0.15) is 0 Å². The highest BCUT2D eigenvalue weighted by Gasteiger charge is 2.20. The smallest absolute Gasteiger partial charge is 0.0129 e. The maximum Gasteiger partial charge on any atom is -0.0129 e. The van der Waals surface area contributed by atoms with Gasteiger partial charge in [-0.25, -0.2) is 0 Å². The molecule has 0 nitrogen and oxygen atoms in total. The Hall–Kier alpha value is -0.780. The quantitative estimate of drug-likeness (QED) is 0.529. The first-order chi connectivity index (χ1) is 6.62. The van der Waals surface area contributed by atoms with Gasteiger partial charge in [-0.3, -0.25) is 0 Å². The lowest BCUT2D eigenvalue weighted by Crippen LogP contribution is -2.17. The third-order valence-electron chi connectivity index (χ3n) is 2.91. The van der Waals surface area contributed by atoms with Crippen LogP contribution in [-0.2, 0) is 10.8 Å². The lowest BCUT2D eigenvalue weighted by molar-refractivity contribution is 0.566. The van der Waals surface area contributed by atoms with Crippen LogP contribution in [-0.4, -0.2) is 0 Å². The van der Waals surface area contributed by atoms with Gasteiger partial charge in [0.2, 0.25) is 0 Å². The number of benzene rings is 1. The largest absolute Gasteiger partial charge is 0.0776 e. The van der Waals surface area contributed by atoms with E-state index in [1.54, 1.807) is 0 Å². The predicted octanol–water partition coefficient (Wildman–Crippen LogP) is 5.86. The molecule has 0 bridgehead atoms. The zero-order chi connectivity index (χ0) is 11.9. The van der Waals surface area contributed by atoms with Crippen LogP contribution in [0.25, 0.3) is 0 Å². The SMILES string of the molecule is C.C.Cc1ccc(C(C)(C)C)cc1C(C)(C)C. The minimum atomic E-state index is 0. The summed E-state index contributed by atoms with van der Waals surface area (Å²) in [6.07, 6.45) is 0. The molecule has 0 aliphatic heterocycles. The van der Waals surface area contributed by atoms with Gasteiger partial charge in [-0.05, 0) is 34.4 Å². The second kappa shape index (κ2) is 5.71. The van der Waals surface area contributed by atoms with Crippen LogP contribution in [0.15, 0.2) is 18.2 Å². The van der Waals surface area contributed by atoms with Crippen molar-refractivity contribution in [1.29, 1.82) is 0 Å². The van der Waals surface area contributed by atoms with E-state index in [4.69, 9.17) is 0 Å². The molecular formula is C17H32. The van der Waals surface area contributed by atoms with Crippen LogP contribution in [0, 0.1) is 6.92 Å². The molecule has 100 valence electrons. The molecule has 0 heteroatoms. The molecule has 1 aromatic rings. The van der Waals surface area contributed by atoms with Crippen LogP contribution < -0.4 is 0 Å². The highest BCUT2D eigenvalue weighted by atomic mass is 14.2. The van der Waals surface area contributed by atoms with Gasteiger partial charge in [0.15, 0.2) is 0 Å². The van der Waals surface area contributed by atoms with E-state index in [0.29, 0.717) is 0 Å². The molecular weight excluding hydrogens is 204 g/mol. The molecule has 1 rings (SSSR count). The van der Waals surface area contributed by atoms with Crippen molar-refractivity contribution >= 4 is 0 Å². The summed E-state index contributed by atoms with van der Waals surface area (Å²) in [4.78, 5) is 0. The van der Waals surface area contributed by atoms with Crippen LogP contribution in [0.3, 0.4) is 0 Å². The average Bonchev–Trinajstić information content (AvgIpc) is 2.00. The topological polar surface area (TPSA) is 0 Å². The van der Waals surface area contributed by atoms with Crippen LogP contribution >= 0.6 is 0 Å². The van der Waals surface area contributed by atoms with E-state index in [0.717, 1.165) is 0 Å². The Morgan fingerprint density at radius 3 is 1.59 bits per heavy atom. The van der Waals surface area contributed by atoms with Gasteiger partial charge < -0.3 is 0 Å². The van der Waals surface area contributed by atoms with E-state index >= 15 is 0 Å². The van der Waals surface area contributed by atoms with E-state index in [1.165, 1.54) is 16.7 Å². The molecule has 0 radical (unpaired) electrons. The Labute approximate surface area is 109 Å². The first-order valence-electron chi connectivity index (χ1n) is 5.74. The van der Waals surface area contributed by atoms with Crippen LogP contribution in [0.2, 0.25) is 0 Å². The molecule has 1 aromatic carbocycles. The zero-order valence-corrected chi connectivity index (χ0v) is 11.2. The molecule has 0 unspecified atom stereocenters. The molecule has 0 aromatic heterocycles. The maximum absolute atomic E-state index is 2.37. The molecule has 0 fully saturated rings. The van der Waals surface area contributed by atoms with Crippen LogP contribution in [0.4, 0.5) is 0 Å². The summed E-state index contributed by atoms with van der Waals surface area (Å²) in [7, 11) is 0. The highest BCUT2D eigenvalue weighted by molar-refractivity contribution is 5.38. The Balaban J connectivity index is 0. The van der Waals surface area contributed by atoms with Gasteiger partial charge in [0.25, 0.3) is 0 Å².